The quantitative estimate of drug-likeness (QED) is 0.805. The van der Waals surface area contributed by atoms with E-state index in [1.165, 1.54) is 0 Å². The SMILES string of the molecule is CCOC(=O)c1nc(-c2ccco2)c(C)[nH]1. The number of aryl methyl sites for hydroxylation is 1. The first-order chi connectivity index (χ1) is 7.72. The molecule has 0 amide bonds. The number of aromatic nitrogens is 2. The highest BCUT2D eigenvalue weighted by molar-refractivity contribution is 5.86. The van der Waals surface area contributed by atoms with Crippen molar-refractivity contribution in [2.75, 3.05) is 6.61 Å². The fraction of sp³-hybridized carbons (Fsp3) is 0.273. The molecule has 0 atom stereocenters. The summed E-state index contributed by atoms with van der Waals surface area (Å²) in [5.41, 5.74) is 1.41. The summed E-state index contributed by atoms with van der Waals surface area (Å²) in [6, 6.07) is 3.56. The number of ether oxygens (including phenoxy) is 1. The topological polar surface area (TPSA) is 68.1 Å². The molecular weight excluding hydrogens is 208 g/mol. The van der Waals surface area contributed by atoms with Gasteiger partial charge < -0.3 is 14.1 Å². The van der Waals surface area contributed by atoms with Crippen LogP contribution >= 0.6 is 0 Å². The number of furan rings is 1. The molecule has 2 heterocycles. The molecule has 1 N–H and O–H groups in total. The van der Waals surface area contributed by atoms with Crippen LogP contribution in [-0.2, 0) is 4.74 Å². The van der Waals surface area contributed by atoms with Crippen molar-refractivity contribution in [3.8, 4) is 11.5 Å². The largest absolute Gasteiger partial charge is 0.463 e. The number of aromatic amines is 1. The number of imidazole rings is 1. The predicted molar refractivity (Wildman–Crippen MR) is 57.0 cm³/mol. The number of hydrogen-bond donors (Lipinski definition) is 1. The third-order valence-electron chi connectivity index (χ3n) is 2.11. The molecule has 2 rings (SSSR count). The second kappa shape index (κ2) is 4.22. The lowest BCUT2D eigenvalue weighted by Crippen LogP contribution is -2.06. The van der Waals surface area contributed by atoms with Crippen LogP contribution in [0.3, 0.4) is 0 Å². The average molecular weight is 220 g/mol. The Labute approximate surface area is 92.4 Å². The number of nitrogens with one attached hydrogen (secondary N) is 1. The Hall–Kier alpha value is -2.04. The molecule has 0 spiro atoms. The molecule has 2 aromatic heterocycles. The Bertz CT molecular complexity index is 485. The second-order valence-corrected chi connectivity index (χ2v) is 3.26. The van der Waals surface area contributed by atoms with Crippen LogP contribution in [0.2, 0.25) is 0 Å². The minimum atomic E-state index is -0.455. The lowest BCUT2D eigenvalue weighted by atomic mass is 10.3. The van der Waals surface area contributed by atoms with Crippen molar-refractivity contribution in [2.24, 2.45) is 0 Å². The normalized spacial score (nSPS) is 10.4. The molecule has 0 aliphatic carbocycles. The van der Waals surface area contributed by atoms with Gasteiger partial charge in [0.15, 0.2) is 5.76 Å². The lowest BCUT2D eigenvalue weighted by molar-refractivity contribution is 0.0513. The van der Waals surface area contributed by atoms with Crippen LogP contribution in [0.5, 0.6) is 0 Å². The zero-order valence-corrected chi connectivity index (χ0v) is 9.11. The Kier molecular flexibility index (Phi) is 2.76. The maximum Gasteiger partial charge on any atom is 0.374 e. The number of carbonyl (C=O) groups is 1. The van der Waals surface area contributed by atoms with Crippen LogP contribution in [0, 0.1) is 6.92 Å². The van der Waals surface area contributed by atoms with Crippen molar-refractivity contribution in [1.82, 2.24) is 9.97 Å². The summed E-state index contributed by atoms with van der Waals surface area (Å²) in [6.45, 7) is 3.91. The van der Waals surface area contributed by atoms with Crippen LogP contribution in [0.1, 0.15) is 23.2 Å². The monoisotopic (exact) mass is 220 g/mol. The first-order valence-corrected chi connectivity index (χ1v) is 5.00. The summed E-state index contributed by atoms with van der Waals surface area (Å²) >= 11 is 0. The number of H-pyrrole nitrogens is 1. The molecule has 0 unspecified atom stereocenters. The van der Waals surface area contributed by atoms with Gasteiger partial charge in [-0.15, -0.1) is 0 Å². The van der Waals surface area contributed by atoms with E-state index >= 15 is 0 Å². The van der Waals surface area contributed by atoms with Crippen molar-refractivity contribution >= 4 is 5.97 Å². The van der Waals surface area contributed by atoms with Gasteiger partial charge in [-0.25, -0.2) is 9.78 Å². The molecule has 5 nitrogen and oxygen atoms in total. The van der Waals surface area contributed by atoms with E-state index in [9.17, 15) is 4.79 Å². The Balaban J connectivity index is 2.32. The van der Waals surface area contributed by atoms with E-state index in [0.29, 0.717) is 18.1 Å². The fourth-order valence-electron chi connectivity index (χ4n) is 1.41. The van der Waals surface area contributed by atoms with Gasteiger partial charge in [-0.1, -0.05) is 0 Å². The van der Waals surface area contributed by atoms with Gasteiger partial charge in [0.05, 0.1) is 12.9 Å². The summed E-state index contributed by atoms with van der Waals surface area (Å²) in [5.74, 6) is 0.374. The van der Waals surface area contributed by atoms with Crippen molar-refractivity contribution < 1.29 is 13.9 Å². The van der Waals surface area contributed by atoms with E-state index in [1.54, 1.807) is 25.3 Å². The number of hydrogen-bond acceptors (Lipinski definition) is 4. The third-order valence-corrected chi connectivity index (χ3v) is 2.11. The molecule has 0 aromatic carbocycles. The number of rotatable bonds is 3. The zero-order chi connectivity index (χ0) is 11.5. The molecule has 0 bridgehead atoms. The van der Waals surface area contributed by atoms with E-state index in [4.69, 9.17) is 9.15 Å². The summed E-state index contributed by atoms with van der Waals surface area (Å²) in [6.07, 6.45) is 1.56. The minimum absolute atomic E-state index is 0.200. The van der Waals surface area contributed by atoms with Crippen LogP contribution in [-0.4, -0.2) is 22.5 Å². The minimum Gasteiger partial charge on any atom is -0.463 e. The van der Waals surface area contributed by atoms with Gasteiger partial charge >= 0.3 is 5.97 Å². The summed E-state index contributed by atoms with van der Waals surface area (Å²) in [7, 11) is 0. The van der Waals surface area contributed by atoms with Crippen molar-refractivity contribution in [1.29, 1.82) is 0 Å². The van der Waals surface area contributed by atoms with Gasteiger partial charge in [-0.2, -0.15) is 0 Å². The number of esters is 1. The van der Waals surface area contributed by atoms with Crippen LogP contribution in [0.25, 0.3) is 11.5 Å². The van der Waals surface area contributed by atoms with Crippen molar-refractivity contribution in [2.45, 2.75) is 13.8 Å². The number of nitrogens with zero attached hydrogens (tertiary/aromatic N) is 1. The molecular formula is C11H12N2O3. The highest BCUT2D eigenvalue weighted by atomic mass is 16.5. The molecule has 0 radical (unpaired) electrons. The van der Waals surface area contributed by atoms with Gasteiger partial charge in [-0.05, 0) is 26.0 Å². The van der Waals surface area contributed by atoms with Gasteiger partial charge in [-0.3, -0.25) is 0 Å². The standard InChI is InChI=1S/C11H12N2O3/c1-3-15-11(14)10-12-7(2)9(13-10)8-5-4-6-16-8/h4-6H,3H2,1-2H3,(H,12,13). The Morgan fingerprint density at radius 1 is 1.62 bits per heavy atom. The maximum atomic E-state index is 11.4. The molecule has 0 saturated carbocycles. The molecule has 0 aliphatic rings. The van der Waals surface area contributed by atoms with Crippen LogP contribution < -0.4 is 0 Å². The van der Waals surface area contributed by atoms with E-state index in [2.05, 4.69) is 9.97 Å². The van der Waals surface area contributed by atoms with E-state index in [1.807, 2.05) is 6.92 Å². The van der Waals surface area contributed by atoms with Gasteiger partial charge in [0.2, 0.25) is 5.82 Å². The molecule has 2 aromatic rings. The van der Waals surface area contributed by atoms with Gasteiger partial charge in [0, 0.05) is 5.69 Å². The van der Waals surface area contributed by atoms with Crippen LogP contribution in [0.15, 0.2) is 22.8 Å². The smallest absolute Gasteiger partial charge is 0.374 e. The summed E-state index contributed by atoms with van der Waals surface area (Å²) in [5, 5.41) is 0. The summed E-state index contributed by atoms with van der Waals surface area (Å²) < 4.78 is 10.1. The first-order valence-electron chi connectivity index (χ1n) is 5.00. The van der Waals surface area contributed by atoms with E-state index < -0.39 is 5.97 Å². The van der Waals surface area contributed by atoms with Crippen molar-refractivity contribution in [3.05, 3.63) is 29.9 Å². The van der Waals surface area contributed by atoms with Gasteiger partial charge in [0.25, 0.3) is 0 Å². The third kappa shape index (κ3) is 1.84. The lowest BCUT2D eigenvalue weighted by Gasteiger charge is -1.95. The molecule has 5 heteroatoms. The Morgan fingerprint density at radius 2 is 2.44 bits per heavy atom. The molecule has 16 heavy (non-hydrogen) atoms. The number of carbonyl (C=O) groups excluding carboxylic acids is 1. The predicted octanol–water partition coefficient (Wildman–Crippen LogP) is 2.15. The highest BCUT2D eigenvalue weighted by Crippen LogP contribution is 2.21. The maximum absolute atomic E-state index is 11.4. The second-order valence-electron chi connectivity index (χ2n) is 3.26. The van der Waals surface area contributed by atoms with E-state index in [0.717, 1.165) is 5.69 Å². The van der Waals surface area contributed by atoms with E-state index in [-0.39, 0.29) is 5.82 Å². The molecule has 0 aliphatic heterocycles. The van der Waals surface area contributed by atoms with Gasteiger partial charge in [0.1, 0.15) is 5.69 Å². The Morgan fingerprint density at radius 3 is 3.06 bits per heavy atom. The molecule has 84 valence electrons. The summed E-state index contributed by atoms with van der Waals surface area (Å²) in [4.78, 5) is 18.5. The fourth-order valence-corrected chi connectivity index (χ4v) is 1.41. The first kappa shape index (κ1) is 10.5. The zero-order valence-electron chi connectivity index (χ0n) is 9.11. The average Bonchev–Trinajstić information content (AvgIpc) is 2.86. The highest BCUT2D eigenvalue weighted by Gasteiger charge is 2.16. The van der Waals surface area contributed by atoms with Crippen LogP contribution in [0.4, 0.5) is 0 Å². The molecule has 0 saturated heterocycles. The molecule has 0 fully saturated rings. The van der Waals surface area contributed by atoms with Crippen molar-refractivity contribution in [3.63, 3.8) is 0 Å².